The molecule has 1 fully saturated rings. The van der Waals surface area contributed by atoms with Gasteiger partial charge in [-0.1, -0.05) is 6.92 Å². The summed E-state index contributed by atoms with van der Waals surface area (Å²) >= 11 is 0. The average Bonchev–Trinajstić information content (AvgIpc) is 2.93. The van der Waals surface area contributed by atoms with E-state index in [1.807, 2.05) is 0 Å². The molecule has 1 heterocycles. The van der Waals surface area contributed by atoms with E-state index in [-0.39, 0.29) is 11.8 Å². The van der Waals surface area contributed by atoms with E-state index in [4.69, 9.17) is 0 Å². The molecule has 1 unspecified atom stereocenters. The third kappa shape index (κ3) is 4.35. The monoisotopic (exact) mass is 275 g/mol. The highest BCUT2D eigenvalue weighted by molar-refractivity contribution is 5.93. The molecule has 1 aliphatic rings. The van der Waals surface area contributed by atoms with E-state index in [0.717, 1.165) is 30.8 Å². The maximum absolute atomic E-state index is 11.9. The Kier molecular flexibility index (Phi) is 5.12. The standard InChI is InChI=1S/C15H21N3O2/c1-2-14(19)17-11-5-7-12(8-6-11)18-15(20)10-13-4-3-9-16-13/h5-8,13,16H,2-4,9-10H2,1H3,(H,17,19)(H,18,20). The van der Waals surface area contributed by atoms with Crippen molar-refractivity contribution in [2.75, 3.05) is 17.2 Å². The van der Waals surface area contributed by atoms with Gasteiger partial charge in [0.25, 0.3) is 0 Å². The molecule has 20 heavy (non-hydrogen) atoms. The van der Waals surface area contributed by atoms with Crippen LogP contribution in [0.5, 0.6) is 0 Å². The lowest BCUT2D eigenvalue weighted by molar-refractivity contribution is -0.117. The Hall–Kier alpha value is -1.88. The minimum atomic E-state index is -0.0194. The first-order chi connectivity index (χ1) is 9.67. The van der Waals surface area contributed by atoms with Gasteiger partial charge in [-0.2, -0.15) is 0 Å². The largest absolute Gasteiger partial charge is 0.326 e. The van der Waals surface area contributed by atoms with E-state index in [1.54, 1.807) is 31.2 Å². The van der Waals surface area contributed by atoms with Gasteiger partial charge in [-0.15, -0.1) is 0 Å². The second-order valence-corrected chi connectivity index (χ2v) is 5.02. The Bertz CT molecular complexity index is 465. The zero-order chi connectivity index (χ0) is 14.4. The minimum absolute atomic E-state index is 0.0194. The SMILES string of the molecule is CCC(=O)Nc1ccc(NC(=O)CC2CCCN2)cc1. The van der Waals surface area contributed by atoms with Crippen LogP contribution in [0.15, 0.2) is 24.3 Å². The fourth-order valence-electron chi connectivity index (χ4n) is 2.25. The van der Waals surface area contributed by atoms with Crippen molar-refractivity contribution < 1.29 is 9.59 Å². The van der Waals surface area contributed by atoms with E-state index < -0.39 is 0 Å². The second-order valence-electron chi connectivity index (χ2n) is 5.02. The number of benzene rings is 1. The first kappa shape index (κ1) is 14.5. The number of hydrogen-bond acceptors (Lipinski definition) is 3. The van der Waals surface area contributed by atoms with Crippen LogP contribution in [0, 0.1) is 0 Å². The summed E-state index contributed by atoms with van der Waals surface area (Å²) in [5, 5.41) is 8.94. The molecular weight excluding hydrogens is 254 g/mol. The summed E-state index contributed by atoms with van der Waals surface area (Å²) in [5.41, 5.74) is 1.50. The average molecular weight is 275 g/mol. The second kappa shape index (κ2) is 7.05. The third-order valence-electron chi connectivity index (χ3n) is 3.37. The molecule has 5 heteroatoms. The molecule has 2 rings (SSSR count). The maximum Gasteiger partial charge on any atom is 0.225 e. The van der Waals surface area contributed by atoms with Gasteiger partial charge in [-0.3, -0.25) is 9.59 Å². The lowest BCUT2D eigenvalue weighted by atomic mass is 10.1. The number of nitrogens with one attached hydrogen (secondary N) is 3. The first-order valence-electron chi connectivity index (χ1n) is 7.10. The Morgan fingerprint density at radius 1 is 1.15 bits per heavy atom. The molecule has 1 atom stereocenters. The zero-order valence-electron chi connectivity index (χ0n) is 11.7. The summed E-state index contributed by atoms with van der Waals surface area (Å²) in [7, 11) is 0. The van der Waals surface area contributed by atoms with Crippen molar-refractivity contribution in [3.8, 4) is 0 Å². The van der Waals surface area contributed by atoms with E-state index in [2.05, 4.69) is 16.0 Å². The summed E-state index contributed by atoms with van der Waals surface area (Å²) in [6, 6.07) is 7.47. The van der Waals surface area contributed by atoms with Crippen LogP contribution in [0.25, 0.3) is 0 Å². The lowest BCUT2D eigenvalue weighted by Gasteiger charge is -2.11. The van der Waals surface area contributed by atoms with Crippen LogP contribution in [0.2, 0.25) is 0 Å². The van der Waals surface area contributed by atoms with E-state index in [9.17, 15) is 9.59 Å². The summed E-state index contributed by atoms with van der Waals surface area (Å²) in [4.78, 5) is 23.1. The van der Waals surface area contributed by atoms with E-state index in [1.165, 1.54) is 0 Å². The van der Waals surface area contributed by atoms with Crippen LogP contribution < -0.4 is 16.0 Å². The quantitative estimate of drug-likeness (QED) is 0.771. The molecule has 0 radical (unpaired) electrons. The van der Waals surface area contributed by atoms with Crippen LogP contribution in [0.4, 0.5) is 11.4 Å². The van der Waals surface area contributed by atoms with Crippen molar-refractivity contribution in [3.63, 3.8) is 0 Å². The molecule has 2 amide bonds. The highest BCUT2D eigenvalue weighted by Gasteiger charge is 2.17. The lowest BCUT2D eigenvalue weighted by Crippen LogP contribution is -2.27. The predicted octanol–water partition coefficient (Wildman–Crippen LogP) is 2.12. The van der Waals surface area contributed by atoms with Gasteiger partial charge >= 0.3 is 0 Å². The Balaban J connectivity index is 1.83. The van der Waals surface area contributed by atoms with Gasteiger partial charge in [0.15, 0.2) is 0 Å². The Morgan fingerprint density at radius 3 is 2.25 bits per heavy atom. The smallest absolute Gasteiger partial charge is 0.225 e. The molecule has 0 spiro atoms. The Labute approximate surface area is 119 Å². The Morgan fingerprint density at radius 2 is 1.75 bits per heavy atom. The molecular formula is C15H21N3O2. The number of hydrogen-bond donors (Lipinski definition) is 3. The molecule has 5 nitrogen and oxygen atoms in total. The summed E-state index contributed by atoms with van der Waals surface area (Å²) < 4.78 is 0. The summed E-state index contributed by atoms with van der Waals surface area (Å²) in [6.07, 6.45) is 3.17. The fraction of sp³-hybridized carbons (Fsp3) is 0.467. The number of carbonyl (C=O) groups excluding carboxylic acids is 2. The van der Waals surface area contributed by atoms with Gasteiger partial charge in [-0.05, 0) is 43.7 Å². The van der Waals surface area contributed by atoms with Gasteiger partial charge in [0, 0.05) is 30.3 Å². The van der Waals surface area contributed by atoms with Gasteiger partial charge in [0.1, 0.15) is 0 Å². The van der Waals surface area contributed by atoms with Crippen molar-refractivity contribution in [2.45, 2.75) is 38.6 Å². The highest BCUT2D eigenvalue weighted by atomic mass is 16.2. The fourth-order valence-corrected chi connectivity index (χ4v) is 2.25. The molecule has 1 aromatic rings. The first-order valence-corrected chi connectivity index (χ1v) is 7.10. The highest BCUT2D eigenvalue weighted by Crippen LogP contribution is 2.15. The van der Waals surface area contributed by atoms with Crippen LogP contribution in [-0.4, -0.2) is 24.4 Å². The number of rotatable bonds is 5. The zero-order valence-corrected chi connectivity index (χ0v) is 11.7. The van der Waals surface area contributed by atoms with Crippen LogP contribution in [0.1, 0.15) is 32.6 Å². The van der Waals surface area contributed by atoms with Crippen molar-refractivity contribution in [1.82, 2.24) is 5.32 Å². The van der Waals surface area contributed by atoms with Crippen LogP contribution in [0.3, 0.4) is 0 Å². The molecule has 108 valence electrons. The summed E-state index contributed by atoms with van der Waals surface area (Å²) in [6.45, 7) is 2.81. The molecule has 0 aliphatic carbocycles. The molecule has 0 aromatic heterocycles. The van der Waals surface area contributed by atoms with Gasteiger partial charge in [0.2, 0.25) is 11.8 Å². The van der Waals surface area contributed by atoms with Gasteiger partial charge < -0.3 is 16.0 Å². The topological polar surface area (TPSA) is 70.2 Å². The van der Waals surface area contributed by atoms with Gasteiger partial charge in [0.05, 0.1) is 0 Å². The number of anilines is 2. The van der Waals surface area contributed by atoms with Crippen LogP contribution in [-0.2, 0) is 9.59 Å². The molecule has 0 bridgehead atoms. The molecule has 0 saturated carbocycles. The van der Waals surface area contributed by atoms with Crippen molar-refractivity contribution in [3.05, 3.63) is 24.3 Å². The molecule has 3 N–H and O–H groups in total. The van der Waals surface area contributed by atoms with Crippen molar-refractivity contribution in [2.24, 2.45) is 0 Å². The maximum atomic E-state index is 11.9. The number of carbonyl (C=O) groups is 2. The third-order valence-corrected chi connectivity index (χ3v) is 3.37. The predicted molar refractivity (Wildman–Crippen MR) is 79.6 cm³/mol. The van der Waals surface area contributed by atoms with Crippen LogP contribution >= 0.6 is 0 Å². The van der Waals surface area contributed by atoms with Crippen molar-refractivity contribution >= 4 is 23.2 Å². The molecule has 1 aliphatic heterocycles. The van der Waals surface area contributed by atoms with Crippen molar-refractivity contribution in [1.29, 1.82) is 0 Å². The minimum Gasteiger partial charge on any atom is -0.326 e. The summed E-state index contributed by atoms with van der Waals surface area (Å²) in [5.74, 6) is 0.00355. The number of amides is 2. The molecule has 1 aromatic carbocycles. The van der Waals surface area contributed by atoms with E-state index >= 15 is 0 Å². The van der Waals surface area contributed by atoms with Gasteiger partial charge in [-0.25, -0.2) is 0 Å². The van der Waals surface area contributed by atoms with E-state index in [0.29, 0.717) is 18.9 Å². The normalized spacial score (nSPS) is 17.8. The molecule has 1 saturated heterocycles.